The van der Waals surface area contributed by atoms with Gasteiger partial charge in [-0.2, -0.15) is 13.2 Å². The smallest absolute Gasteiger partial charge is 0.347 e. The predicted octanol–water partition coefficient (Wildman–Crippen LogP) is 7.29. The minimum atomic E-state index is -4.74. The van der Waals surface area contributed by atoms with Crippen molar-refractivity contribution in [1.82, 2.24) is 9.29 Å². The van der Waals surface area contributed by atoms with Crippen LogP contribution < -0.4 is 4.72 Å². The fourth-order valence-electron chi connectivity index (χ4n) is 4.60. The van der Waals surface area contributed by atoms with Gasteiger partial charge in [-0.3, -0.25) is 0 Å². The zero-order valence-electron chi connectivity index (χ0n) is 20.5. The number of benzene rings is 2. The summed E-state index contributed by atoms with van der Waals surface area (Å²) in [6.45, 7) is 5.91. The fraction of sp³-hybridized carbons (Fsp3) is 0.462. The molecule has 0 amide bonds. The molecule has 0 aliphatic heterocycles. The van der Waals surface area contributed by atoms with E-state index < -0.39 is 45.3 Å². The lowest BCUT2D eigenvalue weighted by Gasteiger charge is -2.28. The monoisotopic (exact) mass is 546 g/mol. The molecule has 3 aromatic rings. The first-order valence-corrected chi connectivity index (χ1v) is 13.4. The molecule has 1 aliphatic rings. The van der Waals surface area contributed by atoms with Crippen molar-refractivity contribution in [2.75, 3.05) is 0 Å². The van der Waals surface area contributed by atoms with Gasteiger partial charge in [0.1, 0.15) is 11.9 Å². The van der Waals surface area contributed by atoms with Gasteiger partial charge < -0.3 is 4.57 Å². The molecule has 11 heteroatoms. The van der Waals surface area contributed by atoms with Crippen LogP contribution in [0.15, 0.2) is 42.6 Å². The van der Waals surface area contributed by atoms with Crippen molar-refractivity contribution in [2.45, 2.75) is 70.5 Å². The molecule has 4 rings (SSSR count). The number of halogens is 6. The van der Waals surface area contributed by atoms with Crippen LogP contribution in [0, 0.1) is 11.2 Å². The van der Waals surface area contributed by atoms with Gasteiger partial charge >= 0.3 is 6.18 Å². The van der Waals surface area contributed by atoms with Gasteiger partial charge in [-0.1, -0.05) is 45.4 Å². The Bertz CT molecular complexity index is 1400. The Kier molecular flexibility index (Phi) is 7.17. The molecule has 4 nitrogen and oxygen atoms in total. The summed E-state index contributed by atoms with van der Waals surface area (Å²) in [5.41, 5.74) is -2.02. The highest BCUT2D eigenvalue weighted by Crippen LogP contribution is 2.41. The van der Waals surface area contributed by atoms with Crippen molar-refractivity contribution in [3.63, 3.8) is 0 Å². The van der Waals surface area contributed by atoms with E-state index in [2.05, 4.69) is 4.72 Å². The summed E-state index contributed by atoms with van der Waals surface area (Å²) >= 11 is 0. The molecule has 1 heterocycles. The molecule has 0 spiro atoms. The highest BCUT2D eigenvalue weighted by atomic mass is 32.2. The molecule has 2 aromatic carbocycles. The molecule has 1 N–H and O–H groups in total. The number of hydrogen-bond donors (Lipinski definition) is 1. The molecule has 1 atom stereocenters. The maximum atomic E-state index is 15.4. The van der Waals surface area contributed by atoms with Crippen LogP contribution in [0.1, 0.15) is 57.2 Å². The van der Waals surface area contributed by atoms with Crippen molar-refractivity contribution in [3.05, 3.63) is 59.5 Å². The number of alkyl halides is 5. The Balaban J connectivity index is 1.92. The third-order valence-electron chi connectivity index (χ3n) is 6.54. The first-order chi connectivity index (χ1) is 17.1. The lowest BCUT2D eigenvalue weighted by molar-refractivity contribution is -0.137. The maximum Gasteiger partial charge on any atom is 0.417 e. The summed E-state index contributed by atoms with van der Waals surface area (Å²) in [4.78, 5) is 0. The van der Waals surface area contributed by atoms with Crippen LogP contribution in [0.25, 0.3) is 22.0 Å². The van der Waals surface area contributed by atoms with E-state index >= 15 is 4.39 Å². The minimum Gasteiger partial charge on any atom is -0.347 e. The molecular weight excluding hydrogens is 518 g/mol. The van der Waals surface area contributed by atoms with Crippen LogP contribution in [0.4, 0.5) is 26.3 Å². The van der Waals surface area contributed by atoms with Crippen molar-refractivity contribution >= 4 is 20.9 Å². The van der Waals surface area contributed by atoms with Crippen molar-refractivity contribution in [2.24, 2.45) is 5.41 Å². The van der Waals surface area contributed by atoms with E-state index in [0.29, 0.717) is 19.3 Å². The van der Waals surface area contributed by atoms with Crippen LogP contribution >= 0.6 is 0 Å². The molecule has 1 fully saturated rings. The van der Waals surface area contributed by atoms with Crippen molar-refractivity contribution in [1.29, 1.82) is 0 Å². The van der Waals surface area contributed by atoms with Crippen LogP contribution in [0.5, 0.6) is 0 Å². The Morgan fingerprint density at radius 2 is 1.70 bits per heavy atom. The van der Waals surface area contributed by atoms with Gasteiger partial charge in [0.2, 0.25) is 10.0 Å². The van der Waals surface area contributed by atoms with Gasteiger partial charge in [0.15, 0.2) is 0 Å². The minimum absolute atomic E-state index is 0.0107. The highest BCUT2D eigenvalue weighted by Gasteiger charge is 2.38. The first kappa shape index (κ1) is 27.5. The molecule has 1 saturated carbocycles. The van der Waals surface area contributed by atoms with E-state index in [-0.39, 0.29) is 39.6 Å². The second-order valence-electron chi connectivity index (χ2n) is 10.7. The van der Waals surface area contributed by atoms with Gasteiger partial charge in [0.25, 0.3) is 6.43 Å². The normalized spacial score (nSPS) is 16.4. The van der Waals surface area contributed by atoms with Crippen LogP contribution in [-0.4, -0.2) is 24.7 Å². The molecule has 0 radical (unpaired) electrons. The number of nitrogens with zero attached hydrogens (tertiary/aromatic N) is 1. The van der Waals surface area contributed by atoms with Crippen LogP contribution in [-0.2, 0) is 22.7 Å². The zero-order chi connectivity index (χ0) is 27.3. The van der Waals surface area contributed by atoms with Crippen molar-refractivity contribution < 1.29 is 34.8 Å². The third-order valence-corrected chi connectivity index (χ3v) is 8.47. The SMILES string of the molecule is CC(C)(C)Cn1cc(C(NS(=O)(=O)C2CCC2)C(F)F)c2cc(F)c(-c3ccccc3C(F)(F)F)cc21. The molecule has 0 saturated heterocycles. The Morgan fingerprint density at radius 1 is 1.05 bits per heavy atom. The zero-order valence-corrected chi connectivity index (χ0v) is 21.4. The number of aromatic nitrogens is 1. The number of rotatable bonds is 7. The summed E-state index contributed by atoms with van der Waals surface area (Å²) in [5.74, 6) is -1.03. The molecular formula is C26H28F6N2O2S. The number of fused-ring (bicyclic) bond motifs is 1. The average Bonchev–Trinajstić information content (AvgIpc) is 3.04. The third kappa shape index (κ3) is 5.67. The van der Waals surface area contributed by atoms with Crippen LogP contribution in [0.2, 0.25) is 0 Å². The fourth-order valence-corrected chi connectivity index (χ4v) is 6.33. The molecule has 37 heavy (non-hydrogen) atoms. The number of hydrogen-bond acceptors (Lipinski definition) is 2. The van der Waals surface area contributed by atoms with Gasteiger partial charge in [-0.25, -0.2) is 26.3 Å². The van der Waals surface area contributed by atoms with Crippen molar-refractivity contribution in [3.8, 4) is 11.1 Å². The summed E-state index contributed by atoms with van der Waals surface area (Å²) < 4.78 is 114. The van der Waals surface area contributed by atoms with E-state index in [4.69, 9.17) is 0 Å². The summed E-state index contributed by atoms with van der Waals surface area (Å²) in [5, 5.41) is -0.754. The quantitative estimate of drug-likeness (QED) is 0.317. The molecule has 202 valence electrons. The van der Waals surface area contributed by atoms with Gasteiger partial charge in [-0.05, 0) is 42.0 Å². The Morgan fingerprint density at radius 3 is 2.24 bits per heavy atom. The Hall–Kier alpha value is -2.53. The first-order valence-electron chi connectivity index (χ1n) is 11.9. The topological polar surface area (TPSA) is 51.1 Å². The van der Waals surface area contributed by atoms with Gasteiger partial charge in [0.05, 0.1) is 10.8 Å². The Labute approximate surface area is 211 Å². The van der Waals surface area contributed by atoms with E-state index in [9.17, 15) is 30.4 Å². The lowest BCUT2D eigenvalue weighted by Crippen LogP contribution is -2.42. The maximum absolute atomic E-state index is 15.4. The standard InChI is InChI=1S/C26H28F6N2O2S/c1-25(2,3)14-34-13-19(23(24(28)29)33-37(35,36)15-7-6-8-15)18-11-21(27)17(12-22(18)34)16-9-4-5-10-20(16)26(30,31)32/h4-5,9-13,15,23-24,33H,6-8,14H2,1-3H3. The van der Waals surface area contributed by atoms with E-state index in [1.54, 1.807) is 4.57 Å². The van der Waals surface area contributed by atoms with Gasteiger partial charge in [0, 0.05) is 34.8 Å². The largest absolute Gasteiger partial charge is 0.417 e. The van der Waals surface area contributed by atoms with E-state index in [1.807, 2.05) is 20.8 Å². The van der Waals surface area contributed by atoms with Crippen LogP contribution in [0.3, 0.4) is 0 Å². The average molecular weight is 547 g/mol. The molecule has 1 aromatic heterocycles. The number of nitrogens with one attached hydrogen (secondary N) is 1. The highest BCUT2D eigenvalue weighted by molar-refractivity contribution is 7.90. The van der Waals surface area contributed by atoms with Gasteiger partial charge in [-0.15, -0.1) is 0 Å². The predicted molar refractivity (Wildman–Crippen MR) is 130 cm³/mol. The second kappa shape index (κ2) is 9.65. The molecule has 1 unspecified atom stereocenters. The summed E-state index contributed by atoms with van der Waals surface area (Å²) in [6, 6.07) is 4.75. The molecule has 0 bridgehead atoms. The van der Waals surface area contributed by atoms with E-state index in [1.165, 1.54) is 24.4 Å². The second-order valence-corrected chi connectivity index (χ2v) is 12.7. The van der Waals surface area contributed by atoms with E-state index in [0.717, 1.165) is 18.2 Å². The summed E-state index contributed by atoms with van der Waals surface area (Å²) in [6.07, 6.45) is -5.12. The molecule has 1 aliphatic carbocycles. The lowest BCUT2D eigenvalue weighted by atomic mass is 9.95. The summed E-state index contributed by atoms with van der Waals surface area (Å²) in [7, 11) is -4.05. The number of sulfonamides is 1.